The molecule has 1 N–H and O–H groups in total. The molecular formula is C24H21Cl3N2O4. The molecule has 0 aliphatic rings. The number of benzene rings is 3. The Bertz CT molecular complexity index is 1130. The van der Waals surface area contributed by atoms with Crippen molar-refractivity contribution in [3.05, 3.63) is 86.4 Å². The predicted octanol–water partition coefficient (Wildman–Crippen LogP) is 6.40. The van der Waals surface area contributed by atoms with E-state index < -0.39 is 5.91 Å². The Kier molecular flexibility index (Phi) is 8.83. The van der Waals surface area contributed by atoms with Crippen molar-refractivity contribution in [3.63, 3.8) is 0 Å². The minimum Gasteiger partial charge on any atom is -0.493 e. The average molecular weight is 508 g/mol. The quantitative estimate of drug-likeness (QED) is 0.269. The number of ether oxygens (including phenoxy) is 3. The number of hydrogen-bond donors (Lipinski definition) is 1. The molecule has 0 spiro atoms. The first kappa shape index (κ1) is 24.7. The molecule has 0 saturated heterocycles. The fourth-order valence-corrected chi connectivity index (χ4v) is 3.58. The standard InChI is InChI=1S/C24H21Cl3N2O4/c1-3-32-21-9-6-17(12-22(21)31-2)24(30)29-28-13-16-10-19(26)23(20(27)11-16)33-14-15-4-7-18(25)8-5-15/h4-13H,3,14H2,1-2H3,(H,29,30)/b28-13+. The molecule has 0 heterocycles. The van der Waals surface area contributed by atoms with Crippen LogP contribution in [0.4, 0.5) is 0 Å². The average Bonchev–Trinajstić information content (AvgIpc) is 2.80. The Hall–Kier alpha value is -2.93. The molecule has 0 fully saturated rings. The number of carbonyl (C=O) groups is 1. The van der Waals surface area contributed by atoms with Gasteiger partial charge in [-0.05, 0) is 60.5 Å². The van der Waals surface area contributed by atoms with E-state index in [1.54, 1.807) is 42.5 Å². The first-order chi connectivity index (χ1) is 15.9. The molecule has 3 aromatic rings. The van der Waals surface area contributed by atoms with Gasteiger partial charge in [0.15, 0.2) is 17.2 Å². The molecule has 0 unspecified atom stereocenters. The summed E-state index contributed by atoms with van der Waals surface area (Å²) in [4.78, 5) is 12.4. The van der Waals surface area contributed by atoms with Crippen LogP contribution < -0.4 is 19.6 Å². The van der Waals surface area contributed by atoms with Gasteiger partial charge in [0, 0.05) is 10.6 Å². The molecule has 0 saturated carbocycles. The summed E-state index contributed by atoms with van der Waals surface area (Å²) in [5, 5.41) is 5.26. The van der Waals surface area contributed by atoms with E-state index in [0.29, 0.717) is 50.1 Å². The zero-order chi connectivity index (χ0) is 23.8. The van der Waals surface area contributed by atoms with Crippen LogP contribution in [0.3, 0.4) is 0 Å². The fourth-order valence-electron chi connectivity index (χ4n) is 2.84. The highest BCUT2D eigenvalue weighted by Crippen LogP contribution is 2.34. The van der Waals surface area contributed by atoms with Crippen LogP contribution in [-0.4, -0.2) is 25.8 Å². The number of rotatable bonds is 9. The summed E-state index contributed by atoms with van der Waals surface area (Å²) < 4.78 is 16.5. The summed E-state index contributed by atoms with van der Waals surface area (Å²) in [6, 6.07) is 15.4. The molecule has 3 rings (SSSR count). The molecule has 0 radical (unpaired) electrons. The molecule has 9 heteroatoms. The number of nitrogens with zero attached hydrogens (tertiary/aromatic N) is 1. The third kappa shape index (κ3) is 6.78. The summed E-state index contributed by atoms with van der Waals surface area (Å²) in [6.45, 7) is 2.64. The van der Waals surface area contributed by atoms with Gasteiger partial charge in [-0.3, -0.25) is 4.79 Å². The summed E-state index contributed by atoms with van der Waals surface area (Å²) in [7, 11) is 1.51. The van der Waals surface area contributed by atoms with Crippen LogP contribution in [0, 0.1) is 0 Å². The maximum absolute atomic E-state index is 12.4. The van der Waals surface area contributed by atoms with Crippen molar-refractivity contribution in [3.8, 4) is 17.2 Å². The third-order valence-electron chi connectivity index (χ3n) is 4.42. The largest absolute Gasteiger partial charge is 0.493 e. The Morgan fingerprint density at radius 3 is 2.30 bits per heavy atom. The predicted molar refractivity (Wildman–Crippen MR) is 131 cm³/mol. The van der Waals surface area contributed by atoms with Gasteiger partial charge in [-0.1, -0.05) is 46.9 Å². The lowest BCUT2D eigenvalue weighted by Gasteiger charge is -2.11. The second-order valence-electron chi connectivity index (χ2n) is 6.73. The van der Waals surface area contributed by atoms with Crippen LogP contribution in [0.5, 0.6) is 17.2 Å². The Balaban J connectivity index is 1.64. The lowest BCUT2D eigenvalue weighted by atomic mass is 10.2. The summed E-state index contributed by atoms with van der Waals surface area (Å²) in [6.07, 6.45) is 1.43. The van der Waals surface area contributed by atoms with E-state index in [1.807, 2.05) is 19.1 Å². The number of hydrazone groups is 1. The molecule has 0 aliphatic carbocycles. The molecule has 0 bridgehead atoms. The van der Waals surface area contributed by atoms with E-state index in [9.17, 15) is 4.79 Å². The normalized spacial score (nSPS) is 10.8. The van der Waals surface area contributed by atoms with Gasteiger partial charge in [0.05, 0.1) is 30.0 Å². The number of carbonyl (C=O) groups excluding carboxylic acids is 1. The van der Waals surface area contributed by atoms with Crippen molar-refractivity contribution in [1.29, 1.82) is 0 Å². The van der Waals surface area contributed by atoms with Crippen LogP contribution in [0.15, 0.2) is 59.7 Å². The van der Waals surface area contributed by atoms with E-state index in [1.165, 1.54) is 13.3 Å². The van der Waals surface area contributed by atoms with Gasteiger partial charge in [-0.15, -0.1) is 0 Å². The van der Waals surface area contributed by atoms with Crippen LogP contribution in [0.25, 0.3) is 0 Å². The van der Waals surface area contributed by atoms with Crippen molar-refractivity contribution in [2.24, 2.45) is 5.10 Å². The van der Waals surface area contributed by atoms with Gasteiger partial charge in [0.1, 0.15) is 6.61 Å². The van der Waals surface area contributed by atoms with Crippen molar-refractivity contribution in [2.45, 2.75) is 13.5 Å². The van der Waals surface area contributed by atoms with E-state index in [0.717, 1.165) is 5.56 Å². The highest BCUT2D eigenvalue weighted by atomic mass is 35.5. The van der Waals surface area contributed by atoms with E-state index in [2.05, 4.69) is 10.5 Å². The van der Waals surface area contributed by atoms with Crippen molar-refractivity contribution < 1.29 is 19.0 Å². The number of amides is 1. The van der Waals surface area contributed by atoms with Gasteiger partial charge in [0.25, 0.3) is 5.91 Å². The van der Waals surface area contributed by atoms with E-state index >= 15 is 0 Å². The lowest BCUT2D eigenvalue weighted by molar-refractivity contribution is 0.0954. The Morgan fingerprint density at radius 2 is 1.67 bits per heavy atom. The van der Waals surface area contributed by atoms with E-state index in [-0.39, 0.29) is 6.61 Å². The monoisotopic (exact) mass is 506 g/mol. The third-order valence-corrected chi connectivity index (χ3v) is 5.24. The molecule has 0 atom stereocenters. The first-order valence-corrected chi connectivity index (χ1v) is 11.0. The number of hydrogen-bond acceptors (Lipinski definition) is 5. The minimum absolute atomic E-state index is 0.283. The highest BCUT2D eigenvalue weighted by Gasteiger charge is 2.12. The smallest absolute Gasteiger partial charge is 0.271 e. The number of nitrogens with one attached hydrogen (secondary N) is 1. The maximum Gasteiger partial charge on any atom is 0.271 e. The second-order valence-corrected chi connectivity index (χ2v) is 7.98. The minimum atomic E-state index is -0.410. The molecular weight excluding hydrogens is 487 g/mol. The first-order valence-electron chi connectivity index (χ1n) is 9.91. The van der Waals surface area contributed by atoms with Crippen molar-refractivity contribution >= 4 is 46.9 Å². The van der Waals surface area contributed by atoms with Gasteiger partial charge in [-0.2, -0.15) is 5.10 Å². The SMILES string of the molecule is CCOc1ccc(C(=O)N/N=C/c2cc(Cl)c(OCc3ccc(Cl)cc3)c(Cl)c2)cc1OC. The molecule has 33 heavy (non-hydrogen) atoms. The summed E-state index contributed by atoms with van der Waals surface area (Å²) in [5.41, 5.74) is 4.34. The second kappa shape index (κ2) is 11.8. The maximum atomic E-state index is 12.4. The zero-order valence-electron chi connectivity index (χ0n) is 17.9. The topological polar surface area (TPSA) is 69.2 Å². The van der Waals surface area contributed by atoms with Crippen LogP contribution in [0.1, 0.15) is 28.4 Å². The molecule has 0 aliphatic heterocycles. The Morgan fingerprint density at radius 1 is 0.970 bits per heavy atom. The molecule has 1 amide bonds. The number of halogens is 3. The van der Waals surface area contributed by atoms with Gasteiger partial charge >= 0.3 is 0 Å². The van der Waals surface area contributed by atoms with Crippen LogP contribution in [0.2, 0.25) is 15.1 Å². The van der Waals surface area contributed by atoms with Gasteiger partial charge < -0.3 is 14.2 Å². The highest BCUT2D eigenvalue weighted by molar-refractivity contribution is 6.37. The van der Waals surface area contributed by atoms with Crippen molar-refractivity contribution in [2.75, 3.05) is 13.7 Å². The fraction of sp³-hybridized carbons (Fsp3) is 0.167. The summed E-state index contributed by atoms with van der Waals surface area (Å²) in [5.74, 6) is 0.965. The zero-order valence-corrected chi connectivity index (χ0v) is 20.2. The van der Waals surface area contributed by atoms with Gasteiger partial charge in [-0.25, -0.2) is 5.43 Å². The Labute approximate surface area is 207 Å². The summed E-state index contributed by atoms with van der Waals surface area (Å²) >= 11 is 18.6. The van der Waals surface area contributed by atoms with E-state index in [4.69, 9.17) is 49.0 Å². The molecule has 172 valence electrons. The van der Waals surface area contributed by atoms with Crippen LogP contribution >= 0.6 is 34.8 Å². The van der Waals surface area contributed by atoms with Crippen molar-refractivity contribution in [1.82, 2.24) is 5.43 Å². The molecule has 0 aromatic heterocycles. The van der Waals surface area contributed by atoms with Gasteiger partial charge in [0.2, 0.25) is 0 Å². The lowest BCUT2D eigenvalue weighted by Crippen LogP contribution is -2.17. The number of methoxy groups -OCH3 is 1. The molecule has 3 aromatic carbocycles. The van der Waals surface area contributed by atoms with Crippen LogP contribution in [-0.2, 0) is 6.61 Å². The molecule has 6 nitrogen and oxygen atoms in total.